The van der Waals surface area contributed by atoms with Crippen molar-refractivity contribution in [2.24, 2.45) is 0 Å². The van der Waals surface area contributed by atoms with Crippen molar-refractivity contribution in [1.29, 1.82) is 0 Å². The number of aryl methyl sites for hydroxylation is 1. The highest BCUT2D eigenvalue weighted by Crippen LogP contribution is 2.22. The molecule has 0 amide bonds. The number of nitrogens with zero attached hydrogens (tertiary/aromatic N) is 1. The number of nitro benzene ring substituents is 1. The lowest BCUT2D eigenvalue weighted by molar-refractivity contribution is -0.384. The fraction of sp³-hybridized carbons (Fsp3) is 0.333. The molecule has 0 radical (unpaired) electrons. The lowest BCUT2D eigenvalue weighted by atomic mass is 10.1. The molecule has 1 rings (SSSR count). The third-order valence-corrected chi connectivity index (χ3v) is 2.16. The molecular formula is C9H11ClN2O2. The van der Waals surface area contributed by atoms with Crippen LogP contribution in [0.1, 0.15) is 12.0 Å². The number of nitro groups is 1. The highest BCUT2D eigenvalue weighted by molar-refractivity contribution is 6.17. The zero-order chi connectivity index (χ0) is 10.6. The van der Waals surface area contributed by atoms with Crippen molar-refractivity contribution in [2.45, 2.75) is 12.8 Å². The average Bonchev–Trinajstić information content (AvgIpc) is 2.16. The van der Waals surface area contributed by atoms with Gasteiger partial charge in [-0.15, -0.1) is 11.6 Å². The van der Waals surface area contributed by atoms with Gasteiger partial charge in [0, 0.05) is 11.9 Å². The molecule has 0 atom stereocenters. The Labute approximate surface area is 86.8 Å². The zero-order valence-electron chi connectivity index (χ0n) is 7.57. The molecule has 0 saturated heterocycles. The van der Waals surface area contributed by atoms with Crippen molar-refractivity contribution in [2.75, 3.05) is 11.6 Å². The van der Waals surface area contributed by atoms with Crippen molar-refractivity contribution in [3.8, 4) is 0 Å². The lowest BCUT2D eigenvalue weighted by Crippen LogP contribution is -1.97. The summed E-state index contributed by atoms with van der Waals surface area (Å²) in [5.74, 6) is 0.554. The number of nitrogens with two attached hydrogens (primary N) is 1. The molecule has 0 saturated carbocycles. The van der Waals surface area contributed by atoms with E-state index in [4.69, 9.17) is 17.3 Å². The van der Waals surface area contributed by atoms with Crippen LogP contribution in [0.4, 0.5) is 11.4 Å². The number of alkyl halides is 1. The molecule has 0 aliphatic rings. The molecule has 0 unspecified atom stereocenters. The van der Waals surface area contributed by atoms with Gasteiger partial charge >= 0.3 is 0 Å². The molecule has 0 spiro atoms. The van der Waals surface area contributed by atoms with Gasteiger partial charge in [-0.1, -0.05) is 6.07 Å². The molecule has 4 nitrogen and oxygen atoms in total. The molecule has 1 aromatic rings. The van der Waals surface area contributed by atoms with E-state index in [2.05, 4.69) is 0 Å². The molecule has 0 aromatic heterocycles. The number of hydrogen-bond acceptors (Lipinski definition) is 3. The van der Waals surface area contributed by atoms with E-state index in [0.717, 1.165) is 18.4 Å². The largest absolute Gasteiger partial charge is 0.393 e. The smallest absolute Gasteiger partial charge is 0.292 e. The van der Waals surface area contributed by atoms with E-state index < -0.39 is 4.92 Å². The Morgan fingerprint density at radius 3 is 2.79 bits per heavy atom. The van der Waals surface area contributed by atoms with Gasteiger partial charge in [0.1, 0.15) is 5.69 Å². The number of rotatable bonds is 4. The van der Waals surface area contributed by atoms with E-state index in [1.807, 2.05) is 0 Å². The van der Waals surface area contributed by atoms with Crippen molar-refractivity contribution in [3.05, 3.63) is 33.9 Å². The second-order valence-corrected chi connectivity index (χ2v) is 3.32. The predicted octanol–water partition coefficient (Wildman–Crippen LogP) is 2.35. The first-order valence-electron chi connectivity index (χ1n) is 4.24. The van der Waals surface area contributed by atoms with Crippen LogP contribution < -0.4 is 5.73 Å². The molecule has 0 aliphatic heterocycles. The van der Waals surface area contributed by atoms with Gasteiger partial charge in [0.15, 0.2) is 0 Å². The standard InChI is InChI=1S/C9H11ClN2O2/c10-5-1-2-7-3-4-8(11)9(6-7)12(13)14/h3-4,6H,1-2,5,11H2. The summed E-state index contributed by atoms with van der Waals surface area (Å²) in [6.45, 7) is 0. The average molecular weight is 215 g/mol. The summed E-state index contributed by atoms with van der Waals surface area (Å²) < 4.78 is 0. The molecule has 0 fully saturated rings. The van der Waals surface area contributed by atoms with Gasteiger partial charge < -0.3 is 5.73 Å². The molecule has 1 aromatic carbocycles. The highest BCUT2D eigenvalue weighted by atomic mass is 35.5. The van der Waals surface area contributed by atoms with Crippen LogP contribution >= 0.6 is 11.6 Å². The SMILES string of the molecule is Nc1ccc(CCCCl)cc1[N+](=O)[O-]. The van der Waals surface area contributed by atoms with E-state index >= 15 is 0 Å². The number of halogens is 1. The summed E-state index contributed by atoms with van der Waals surface area (Å²) in [5, 5.41) is 10.5. The summed E-state index contributed by atoms with van der Waals surface area (Å²) in [6, 6.07) is 4.85. The Bertz CT molecular complexity index is 342. The Balaban J connectivity index is 2.89. The quantitative estimate of drug-likeness (QED) is 0.362. The van der Waals surface area contributed by atoms with Gasteiger partial charge in [0.25, 0.3) is 5.69 Å². The molecular weight excluding hydrogens is 204 g/mol. The van der Waals surface area contributed by atoms with Gasteiger partial charge in [0.2, 0.25) is 0 Å². The van der Waals surface area contributed by atoms with Crippen LogP contribution in [-0.2, 0) is 6.42 Å². The second-order valence-electron chi connectivity index (χ2n) is 2.94. The summed E-state index contributed by atoms with van der Waals surface area (Å²) in [4.78, 5) is 10.1. The van der Waals surface area contributed by atoms with Crippen LogP contribution in [-0.4, -0.2) is 10.8 Å². The minimum absolute atomic E-state index is 0.0305. The summed E-state index contributed by atoms with van der Waals surface area (Å²) in [7, 11) is 0. The maximum absolute atomic E-state index is 10.5. The van der Waals surface area contributed by atoms with Gasteiger partial charge in [-0.05, 0) is 24.5 Å². The fourth-order valence-electron chi connectivity index (χ4n) is 1.17. The number of benzene rings is 1. The Morgan fingerprint density at radius 2 is 2.21 bits per heavy atom. The number of anilines is 1. The van der Waals surface area contributed by atoms with Crippen molar-refractivity contribution < 1.29 is 4.92 Å². The minimum atomic E-state index is -0.473. The first-order chi connectivity index (χ1) is 6.65. The third kappa shape index (κ3) is 2.60. The van der Waals surface area contributed by atoms with Crippen LogP contribution in [0.15, 0.2) is 18.2 Å². The van der Waals surface area contributed by atoms with Gasteiger partial charge in [-0.3, -0.25) is 10.1 Å². The number of hydrogen-bond donors (Lipinski definition) is 1. The normalized spacial score (nSPS) is 10.1. The van der Waals surface area contributed by atoms with E-state index in [1.165, 1.54) is 6.07 Å². The maximum Gasteiger partial charge on any atom is 0.292 e. The minimum Gasteiger partial charge on any atom is -0.393 e. The van der Waals surface area contributed by atoms with Crippen LogP contribution in [0, 0.1) is 10.1 Å². The predicted molar refractivity (Wildman–Crippen MR) is 56.5 cm³/mol. The lowest BCUT2D eigenvalue weighted by Gasteiger charge is -2.01. The molecule has 0 heterocycles. The monoisotopic (exact) mass is 214 g/mol. The topological polar surface area (TPSA) is 69.2 Å². The van der Waals surface area contributed by atoms with Crippen molar-refractivity contribution in [1.82, 2.24) is 0 Å². The third-order valence-electron chi connectivity index (χ3n) is 1.89. The molecule has 0 bridgehead atoms. The molecule has 76 valence electrons. The van der Waals surface area contributed by atoms with Crippen LogP contribution in [0.25, 0.3) is 0 Å². The Morgan fingerprint density at radius 1 is 1.50 bits per heavy atom. The maximum atomic E-state index is 10.5. The van der Waals surface area contributed by atoms with E-state index in [1.54, 1.807) is 12.1 Å². The fourth-order valence-corrected chi connectivity index (χ4v) is 1.31. The zero-order valence-corrected chi connectivity index (χ0v) is 8.33. The van der Waals surface area contributed by atoms with Crippen molar-refractivity contribution >= 4 is 23.0 Å². The second kappa shape index (κ2) is 4.81. The van der Waals surface area contributed by atoms with Gasteiger partial charge in [-0.25, -0.2) is 0 Å². The summed E-state index contributed by atoms with van der Waals surface area (Å²) >= 11 is 5.53. The highest BCUT2D eigenvalue weighted by Gasteiger charge is 2.11. The summed E-state index contributed by atoms with van der Waals surface area (Å²) in [6.07, 6.45) is 1.55. The summed E-state index contributed by atoms with van der Waals surface area (Å²) in [5.41, 5.74) is 6.51. The van der Waals surface area contributed by atoms with Crippen LogP contribution in [0.2, 0.25) is 0 Å². The van der Waals surface area contributed by atoms with E-state index in [9.17, 15) is 10.1 Å². The van der Waals surface area contributed by atoms with Crippen LogP contribution in [0.5, 0.6) is 0 Å². The Hall–Kier alpha value is -1.29. The molecule has 5 heteroatoms. The van der Waals surface area contributed by atoms with Gasteiger partial charge in [0.05, 0.1) is 4.92 Å². The van der Waals surface area contributed by atoms with Crippen molar-refractivity contribution in [3.63, 3.8) is 0 Å². The Kier molecular flexibility index (Phi) is 3.71. The first-order valence-corrected chi connectivity index (χ1v) is 4.77. The van der Waals surface area contributed by atoms with Crippen LogP contribution in [0.3, 0.4) is 0 Å². The molecule has 0 aliphatic carbocycles. The van der Waals surface area contributed by atoms with E-state index in [0.29, 0.717) is 5.88 Å². The van der Waals surface area contributed by atoms with E-state index in [-0.39, 0.29) is 11.4 Å². The number of nitrogen functional groups attached to an aromatic ring is 1. The van der Waals surface area contributed by atoms with Gasteiger partial charge in [-0.2, -0.15) is 0 Å². The molecule has 14 heavy (non-hydrogen) atoms. The first kappa shape index (κ1) is 10.8. The molecule has 2 N–H and O–H groups in total.